The van der Waals surface area contributed by atoms with E-state index in [9.17, 15) is 4.79 Å². The Morgan fingerprint density at radius 1 is 1.73 bits per heavy atom. The summed E-state index contributed by atoms with van der Waals surface area (Å²) in [4.78, 5) is 11.3. The Bertz CT molecular complexity index is 200. The molecular formula is C9H14O2. The predicted octanol–water partition coefficient (Wildman–Crippen LogP) is 0.984. The molecule has 2 rings (SSSR count). The third-order valence-electron chi connectivity index (χ3n) is 3.66. The highest BCUT2D eigenvalue weighted by atomic mass is 16.3. The van der Waals surface area contributed by atoms with Gasteiger partial charge in [0.25, 0.3) is 0 Å². The molecule has 0 amide bonds. The summed E-state index contributed by atoms with van der Waals surface area (Å²) in [5, 5.41) is 9.13. The number of ketones is 1. The van der Waals surface area contributed by atoms with Crippen molar-refractivity contribution in [1.82, 2.24) is 0 Å². The van der Waals surface area contributed by atoms with E-state index in [1.807, 2.05) is 6.92 Å². The van der Waals surface area contributed by atoms with Gasteiger partial charge in [0, 0.05) is 24.4 Å². The second kappa shape index (κ2) is 2.07. The molecule has 3 atom stereocenters. The van der Waals surface area contributed by atoms with E-state index in [0.29, 0.717) is 11.7 Å². The van der Waals surface area contributed by atoms with Gasteiger partial charge in [-0.25, -0.2) is 0 Å². The van der Waals surface area contributed by atoms with Crippen molar-refractivity contribution in [3.8, 4) is 0 Å². The number of hydrogen-bond donors (Lipinski definition) is 1. The van der Waals surface area contributed by atoms with Crippen molar-refractivity contribution in [2.24, 2.45) is 17.3 Å². The maximum absolute atomic E-state index is 11.3. The number of aliphatic hydroxyl groups excluding tert-OH is 1. The van der Waals surface area contributed by atoms with Gasteiger partial charge in [-0.05, 0) is 18.8 Å². The molecule has 0 aliphatic heterocycles. The van der Waals surface area contributed by atoms with Crippen LogP contribution in [0, 0.1) is 17.3 Å². The summed E-state index contributed by atoms with van der Waals surface area (Å²) >= 11 is 0. The SMILES string of the molecule is CC1C(=O)CCC2CC21CO. The molecule has 0 bridgehead atoms. The average Bonchev–Trinajstić information content (AvgIpc) is 2.73. The van der Waals surface area contributed by atoms with Gasteiger partial charge in [-0.2, -0.15) is 0 Å². The standard InChI is InChI=1S/C9H14O2/c1-6-8(11)3-2-7-4-9(6,7)5-10/h6-7,10H,2-5H2,1H3. The van der Waals surface area contributed by atoms with Gasteiger partial charge in [-0.15, -0.1) is 0 Å². The van der Waals surface area contributed by atoms with Gasteiger partial charge in [0.1, 0.15) is 5.78 Å². The third kappa shape index (κ3) is 0.791. The number of hydrogen-bond acceptors (Lipinski definition) is 2. The molecule has 0 radical (unpaired) electrons. The van der Waals surface area contributed by atoms with E-state index < -0.39 is 0 Å². The molecule has 0 aromatic rings. The minimum Gasteiger partial charge on any atom is -0.396 e. The van der Waals surface area contributed by atoms with Crippen LogP contribution in [0.5, 0.6) is 0 Å². The summed E-state index contributed by atoms with van der Waals surface area (Å²) in [6, 6.07) is 0. The van der Waals surface area contributed by atoms with Crippen LogP contribution < -0.4 is 0 Å². The molecule has 0 spiro atoms. The smallest absolute Gasteiger partial charge is 0.136 e. The van der Waals surface area contributed by atoms with Crippen LogP contribution in [0.25, 0.3) is 0 Å². The zero-order valence-electron chi connectivity index (χ0n) is 6.84. The second-order valence-corrected chi connectivity index (χ2v) is 4.02. The predicted molar refractivity (Wildman–Crippen MR) is 41.0 cm³/mol. The molecule has 2 heteroatoms. The molecule has 0 heterocycles. The second-order valence-electron chi connectivity index (χ2n) is 4.02. The van der Waals surface area contributed by atoms with Crippen LogP contribution in [0.2, 0.25) is 0 Å². The molecule has 2 aliphatic rings. The monoisotopic (exact) mass is 154 g/mol. The summed E-state index contributed by atoms with van der Waals surface area (Å²) < 4.78 is 0. The van der Waals surface area contributed by atoms with Crippen LogP contribution in [0.4, 0.5) is 0 Å². The molecule has 2 aliphatic carbocycles. The van der Waals surface area contributed by atoms with Gasteiger partial charge in [0.05, 0.1) is 0 Å². The highest BCUT2D eigenvalue weighted by Gasteiger charge is 2.60. The van der Waals surface area contributed by atoms with Crippen LogP contribution >= 0.6 is 0 Å². The van der Waals surface area contributed by atoms with Crippen molar-refractivity contribution in [2.75, 3.05) is 6.61 Å². The average molecular weight is 154 g/mol. The number of fused-ring (bicyclic) bond motifs is 1. The topological polar surface area (TPSA) is 37.3 Å². The van der Waals surface area contributed by atoms with Crippen LogP contribution in [0.3, 0.4) is 0 Å². The largest absolute Gasteiger partial charge is 0.396 e. The van der Waals surface area contributed by atoms with E-state index >= 15 is 0 Å². The third-order valence-corrected chi connectivity index (χ3v) is 3.66. The maximum atomic E-state index is 11.3. The van der Waals surface area contributed by atoms with Crippen LogP contribution in [-0.4, -0.2) is 17.5 Å². The lowest BCUT2D eigenvalue weighted by Gasteiger charge is -2.25. The summed E-state index contributed by atoms with van der Waals surface area (Å²) in [7, 11) is 0. The Labute approximate surface area is 66.6 Å². The van der Waals surface area contributed by atoms with Crippen LogP contribution in [0.1, 0.15) is 26.2 Å². The molecule has 2 saturated carbocycles. The first-order valence-electron chi connectivity index (χ1n) is 4.34. The fourth-order valence-electron chi connectivity index (χ4n) is 2.50. The number of carbonyl (C=O) groups excluding carboxylic acids is 1. The number of aliphatic hydroxyl groups is 1. The lowest BCUT2D eigenvalue weighted by atomic mass is 9.79. The molecular weight excluding hydrogens is 140 g/mol. The number of rotatable bonds is 1. The number of carbonyl (C=O) groups is 1. The summed E-state index contributed by atoms with van der Waals surface area (Å²) in [6.45, 7) is 2.18. The molecule has 2 nitrogen and oxygen atoms in total. The van der Waals surface area contributed by atoms with E-state index in [-0.39, 0.29) is 17.9 Å². The fraction of sp³-hybridized carbons (Fsp3) is 0.889. The Morgan fingerprint density at radius 3 is 3.00 bits per heavy atom. The van der Waals surface area contributed by atoms with Gasteiger partial charge in [0.15, 0.2) is 0 Å². The van der Waals surface area contributed by atoms with Crippen molar-refractivity contribution in [3.05, 3.63) is 0 Å². The van der Waals surface area contributed by atoms with Gasteiger partial charge < -0.3 is 5.11 Å². The van der Waals surface area contributed by atoms with Crippen molar-refractivity contribution >= 4 is 5.78 Å². The molecule has 3 unspecified atom stereocenters. The molecule has 2 fully saturated rings. The van der Waals surface area contributed by atoms with Gasteiger partial charge in [-0.3, -0.25) is 4.79 Å². The summed E-state index contributed by atoms with van der Waals surface area (Å²) in [5.41, 5.74) is 0.0231. The highest BCUT2D eigenvalue weighted by molar-refractivity contribution is 5.83. The van der Waals surface area contributed by atoms with Crippen molar-refractivity contribution in [3.63, 3.8) is 0 Å². The molecule has 1 N–H and O–H groups in total. The number of Topliss-reactive ketones (excluding diaryl/α,β-unsaturated/α-hetero) is 1. The molecule has 11 heavy (non-hydrogen) atoms. The van der Waals surface area contributed by atoms with E-state index in [4.69, 9.17) is 5.11 Å². The minimum atomic E-state index is 0.0231. The Morgan fingerprint density at radius 2 is 2.45 bits per heavy atom. The van der Waals surface area contributed by atoms with Gasteiger partial charge in [0.2, 0.25) is 0 Å². The van der Waals surface area contributed by atoms with Crippen molar-refractivity contribution in [2.45, 2.75) is 26.2 Å². The first-order chi connectivity index (χ1) is 5.20. The fourth-order valence-corrected chi connectivity index (χ4v) is 2.50. The molecule has 0 aromatic carbocycles. The van der Waals surface area contributed by atoms with Crippen LogP contribution in [-0.2, 0) is 4.79 Å². The first kappa shape index (κ1) is 7.29. The van der Waals surface area contributed by atoms with Crippen molar-refractivity contribution in [1.29, 1.82) is 0 Å². The Balaban J connectivity index is 2.19. The highest BCUT2D eigenvalue weighted by Crippen LogP contribution is 2.62. The van der Waals surface area contributed by atoms with E-state index in [1.165, 1.54) is 0 Å². The Hall–Kier alpha value is -0.370. The normalized spacial score (nSPS) is 48.7. The van der Waals surface area contributed by atoms with Crippen LogP contribution in [0.15, 0.2) is 0 Å². The first-order valence-corrected chi connectivity index (χ1v) is 4.34. The minimum absolute atomic E-state index is 0.0231. The van der Waals surface area contributed by atoms with E-state index in [1.54, 1.807) is 0 Å². The quantitative estimate of drug-likeness (QED) is 0.611. The zero-order chi connectivity index (χ0) is 8.06. The van der Waals surface area contributed by atoms with Gasteiger partial charge in [-0.1, -0.05) is 6.92 Å². The summed E-state index contributed by atoms with van der Waals surface area (Å²) in [5.74, 6) is 1.12. The van der Waals surface area contributed by atoms with Crippen molar-refractivity contribution < 1.29 is 9.90 Å². The van der Waals surface area contributed by atoms with E-state index in [0.717, 1.165) is 19.3 Å². The lowest BCUT2D eigenvalue weighted by Crippen LogP contribution is -2.30. The molecule has 0 saturated heterocycles. The lowest BCUT2D eigenvalue weighted by molar-refractivity contribution is -0.127. The summed E-state index contributed by atoms with van der Waals surface area (Å²) in [6.07, 6.45) is 2.84. The molecule has 62 valence electrons. The zero-order valence-corrected chi connectivity index (χ0v) is 6.84. The van der Waals surface area contributed by atoms with Gasteiger partial charge >= 0.3 is 0 Å². The van der Waals surface area contributed by atoms with E-state index in [2.05, 4.69) is 0 Å². The maximum Gasteiger partial charge on any atom is 0.136 e. The molecule has 0 aromatic heterocycles. The Kier molecular flexibility index (Phi) is 1.37.